The fourth-order valence-corrected chi connectivity index (χ4v) is 3.15. The number of benzene rings is 1. The molecule has 0 heterocycles. The number of rotatable bonds is 8. The maximum Gasteiger partial charge on any atom is 0.119 e. The molecule has 2 rings (SSSR count). The third-order valence-corrected chi connectivity index (χ3v) is 4.39. The van der Waals surface area contributed by atoms with Crippen molar-refractivity contribution < 1.29 is 14.9 Å². The second-order valence-corrected chi connectivity index (χ2v) is 6.29. The third-order valence-electron chi connectivity index (χ3n) is 4.39. The Kier molecular flexibility index (Phi) is 7.16. The smallest absolute Gasteiger partial charge is 0.119 e. The normalized spacial score (nSPS) is 17.6. The van der Waals surface area contributed by atoms with E-state index < -0.39 is 6.10 Å². The summed E-state index contributed by atoms with van der Waals surface area (Å²) in [7, 11) is 0. The van der Waals surface area contributed by atoms with Gasteiger partial charge in [0.2, 0.25) is 0 Å². The van der Waals surface area contributed by atoms with Crippen LogP contribution in [0.1, 0.15) is 37.7 Å². The van der Waals surface area contributed by atoms with Crippen LogP contribution in [-0.4, -0.2) is 53.6 Å². The predicted molar refractivity (Wildman–Crippen MR) is 88.2 cm³/mol. The van der Waals surface area contributed by atoms with E-state index in [1.165, 1.54) is 37.7 Å². The van der Waals surface area contributed by atoms with Crippen LogP contribution in [0.15, 0.2) is 24.3 Å². The lowest BCUT2D eigenvalue weighted by Crippen LogP contribution is -2.44. The van der Waals surface area contributed by atoms with Gasteiger partial charge in [0.05, 0.1) is 6.61 Å². The summed E-state index contributed by atoms with van der Waals surface area (Å²) in [6.45, 7) is 3.67. The second-order valence-electron chi connectivity index (χ2n) is 6.29. The highest BCUT2D eigenvalue weighted by molar-refractivity contribution is 5.26. The van der Waals surface area contributed by atoms with E-state index in [1.54, 1.807) is 0 Å². The lowest BCUT2D eigenvalue weighted by atomic mass is 9.94. The van der Waals surface area contributed by atoms with Gasteiger partial charge in [-0.3, -0.25) is 4.90 Å². The summed E-state index contributed by atoms with van der Waals surface area (Å²) < 4.78 is 5.65. The summed E-state index contributed by atoms with van der Waals surface area (Å²) in [5.74, 6) is 0.788. The fraction of sp³-hybridized carbons (Fsp3) is 0.667. The van der Waals surface area contributed by atoms with Gasteiger partial charge in [-0.1, -0.05) is 37.0 Å². The Labute approximate surface area is 133 Å². The van der Waals surface area contributed by atoms with Crippen molar-refractivity contribution in [3.63, 3.8) is 0 Å². The van der Waals surface area contributed by atoms with Crippen molar-refractivity contribution in [3.8, 4) is 5.75 Å². The standard InChI is InChI=1S/C18H29NO3/c1-15-7-9-18(10-8-15)22-14-17(21)13-19(11-12-20)16-5-3-2-4-6-16/h7-10,16-17,20-21H,2-6,11-14H2,1H3. The summed E-state index contributed by atoms with van der Waals surface area (Å²) in [5.41, 5.74) is 1.19. The van der Waals surface area contributed by atoms with E-state index in [1.807, 2.05) is 31.2 Å². The number of hydrogen-bond acceptors (Lipinski definition) is 4. The SMILES string of the molecule is Cc1ccc(OCC(O)CN(CCO)C2CCCCC2)cc1. The molecule has 0 spiro atoms. The Morgan fingerprint density at radius 1 is 1.18 bits per heavy atom. The van der Waals surface area contributed by atoms with Gasteiger partial charge in [0, 0.05) is 19.1 Å². The van der Waals surface area contributed by atoms with Crippen molar-refractivity contribution in [2.24, 2.45) is 0 Å². The molecule has 4 heteroatoms. The quantitative estimate of drug-likeness (QED) is 0.774. The Morgan fingerprint density at radius 2 is 1.86 bits per heavy atom. The molecule has 1 saturated carbocycles. The summed E-state index contributed by atoms with van der Waals surface area (Å²) in [6, 6.07) is 8.35. The molecule has 0 saturated heterocycles. The molecular weight excluding hydrogens is 278 g/mol. The van der Waals surface area contributed by atoms with Crippen LogP contribution in [0.2, 0.25) is 0 Å². The van der Waals surface area contributed by atoms with Gasteiger partial charge in [0.1, 0.15) is 18.5 Å². The maximum absolute atomic E-state index is 10.2. The van der Waals surface area contributed by atoms with E-state index in [4.69, 9.17) is 4.74 Å². The molecule has 4 nitrogen and oxygen atoms in total. The zero-order valence-corrected chi connectivity index (χ0v) is 13.6. The Morgan fingerprint density at radius 3 is 2.50 bits per heavy atom. The summed E-state index contributed by atoms with van der Waals surface area (Å²) in [5, 5.41) is 19.5. The van der Waals surface area contributed by atoms with Crippen molar-refractivity contribution in [1.29, 1.82) is 0 Å². The highest BCUT2D eigenvalue weighted by Gasteiger charge is 2.23. The molecule has 0 bridgehead atoms. The van der Waals surface area contributed by atoms with Crippen LogP contribution in [0.25, 0.3) is 0 Å². The number of aliphatic hydroxyl groups is 2. The minimum Gasteiger partial charge on any atom is -0.491 e. The molecule has 2 N–H and O–H groups in total. The van der Waals surface area contributed by atoms with Crippen molar-refractivity contribution in [2.45, 2.75) is 51.2 Å². The van der Waals surface area contributed by atoms with E-state index in [-0.39, 0.29) is 13.2 Å². The largest absolute Gasteiger partial charge is 0.491 e. The first kappa shape index (κ1) is 17.3. The minimum atomic E-state index is -0.533. The van der Waals surface area contributed by atoms with Gasteiger partial charge in [-0.2, -0.15) is 0 Å². The van der Waals surface area contributed by atoms with E-state index in [0.717, 1.165) is 5.75 Å². The average molecular weight is 307 g/mol. The summed E-state index contributed by atoms with van der Waals surface area (Å²) in [6.07, 6.45) is 5.62. The minimum absolute atomic E-state index is 0.141. The van der Waals surface area contributed by atoms with Gasteiger partial charge in [-0.05, 0) is 31.9 Å². The number of nitrogens with zero attached hydrogens (tertiary/aromatic N) is 1. The Balaban J connectivity index is 1.79. The first-order valence-corrected chi connectivity index (χ1v) is 8.41. The van der Waals surface area contributed by atoms with Crippen molar-refractivity contribution in [2.75, 3.05) is 26.3 Å². The van der Waals surface area contributed by atoms with Gasteiger partial charge in [0.25, 0.3) is 0 Å². The van der Waals surface area contributed by atoms with Crippen LogP contribution in [0.5, 0.6) is 5.75 Å². The lowest BCUT2D eigenvalue weighted by molar-refractivity contribution is 0.0358. The zero-order valence-electron chi connectivity index (χ0n) is 13.6. The fourth-order valence-electron chi connectivity index (χ4n) is 3.15. The van der Waals surface area contributed by atoms with Crippen LogP contribution in [0.4, 0.5) is 0 Å². The van der Waals surface area contributed by atoms with Crippen LogP contribution in [-0.2, 0) is 0 Å². The van der Waals surface area contributed by atoms with Crippen LogP contribution < -0.4 is 4.74 Å². The van der Waals surface area contributed by atoms with E-state index in [9.17, 15) is 10.2 Å². The number of ether oxygens (including phenoxy) is 1. The molecule has 0 amide bonds. The van der Waals surface area contributed by atoms with Crippen molar-refractivity contribution in [3.05, 3.63) is 29.8 Å². The molecule has 1 atom stereocenters. The monoisotopic (exact) mass is 307 g/mol. The number of aliphatic hydroxyl groups excluding tert-OH is 2. The molecule has 22 heavy (non-hydrogen) atoms. The molecule has 1 fully saturated rings. The highest BCUT2D eigenvalue weighted by Crippen LogP contribution is 2.22. The van der Waals surface area contributed by atoms with Gasteiger partial charge in [0.15, 0.2) is 0 Å². The first-order valence-electron chi connectivity index (χ1n) is 8.41. The maximum atomic E-state index is 10.2. The first-order chi connectivity index (χ1) is 10.7. The van der Waals surface area contributed by atoms with E-state index >= 15 is 0 Å². The second kappa shape index (κ2) is 9.13. The molecule has 1 aromatic rings. The molecule has 1 aromatic carbocycles. The van der Waals surface area contributed by atoms with Gasteiger partial charge in [-0.25, -0.2) is 0 Å². The summed E-state index contributed by atoms with van der Waals surface area (Å²) in [4.78, 5) is 2.22. The third kappa shape index (κ3) is 5.59. The van der Waals surface area contributed by atoms with Gasteiger partial charge >= 0.3 is 0 Å². The molecular formula is C18H29NO3. The molecule has 0 aromatic heterocycles. The van der Waals surface area contributed by atoms with E-state index in [2.05, 4.69) is 4.90 Å². The molecule has 124 valence electrons. The number of hydrogen-bond donors (Lipinski definition) is 2. The highest BCUT2D eigenvalue weighted by atomic mass is 16.5. The zero-order chi connectivity index (χ0) is 15.8. The van der Waals surface area contributed by atoms with Gasteiger partial charge in [-0.15, -0.1) is 0 Å². The lowest BCUT2D eigenvalue weighted by Gasteiger charge is -2.35. The Bertz CT molecular complexity index is 415. The molecule has 1 unspecified atom stereocenters. The van der Waals surface area contributed by atoms with Gasteiger partial charge < -0.3 is 14.9 Å². The average Bonchev–Trinajstić information content (AvgIpc) is 2.55. The Hall–Kier alpha value is -1.10. The molecule has 1 aliphatic carbocycles. The van der Waals surface area contributed by atoms with Crippen LogP contribution in [0.3, 0.4) is 0 Å². The molecule has 0 radical (unpaired) electrons. The molecule has 1 aliphatic rings. The summed E-state index contributed by atoms with van der Waals surface area (Å²) >= 11 is 0. The van der Waals surface area contributed by atoms with Crippen molar-refractivity contribution in [1.82, 2.24) is 4.90 Å². The van der Waals surface area contributed by atoms with Crippen LogP contribution >= 0.6 is 0 Å². The topological polar surface area (TPSA) is 52.9 Å². The van der Waals surface area contributed by atoms with Crippen molar-refractivity contribution >= 4 is 0 Å². The number of aryl methyl sites for hydroxylation is 1. The molecule has 0 aliphatic heterocycles. The van der Waals surface area contributed by atoms with Crippen LogP contribution in [0, 0.1) is 6.92 Å². The van der Waals surface area contributed by atoms with E-state index in [0.29, 0.717) is 19.1 Å². The predicted octanol–water partition coefficient (Wildman–Crippen LogP) is 2.36.